The van der Waals surface area contributed by atoms with Crippen LogP contribution in [0.3, 0.4) is 0 Å². The van der Waals surface area contributed by atoms with E-state index in [1.165, 1.54) is 4.90 Å². The van der Waals surface area contributed by atoms with Crippen molar-refractivity contribution < 1.29 is 14.3 Å². The first-order chi connectivity index (χ1) is 9.65. The van der Waals surface area contributed by atoms with Gasteiger partial charge in [0.05, 0.1) is 12.0 Å². The average molecular weight is 275 g/mol. The van der Waals surface area contributed by atoms with Crippen molar-refractivity contribution in [2.75, 3.05) is 13.1 Å². The fraction of sp³-hybridized carbons (Fsp3) is 0.429. The second-order valence-electron chi connectivity index (χ2n) is 5.10. The standard InChI is InChI=1S/C14H17N3O3/c1-16-12(13-3-2-8-20-13)9-11(15-16)10-4-6-17(7-5-10)14(18)19/h2-3,8-10H,4-7H2,1H3,(H,18,19). The van der Waals surface area contributed by atoms with Crippen molar-refractivity contribution in [2.24, 2.45) is 7.05 Å². The number of rotatable bonds is 2. The van der Waals surface area contributed by atoms with Gasteiger partial charge < -0.3 is 14.4 Å². The molecule has 0 spiro atoms. The Labute approximate surface area is 116 Å². The van der Waals surface area contributed by atoms with E-state index in [4.69, 9.17) is 9.52 Å². The van der Waals surface area contributed by atoms with Crippen LogP contribution in [0.1, 0.15) is 24.5 Å². The Hall–Kier alpha value is -2.24. The number of likely N-dealkylation sites (tertiary alicyclic amines) is 1. The second-order valence-corrected chi connectivity index (χ2v) is 5.10. The summed E-state index contributed by atoms with van der Waals surface area (Å²) in [7, 11) is 1.90. The van der Waals surface area contributed by atoms with Gasteiger partial charge in [0.2, 0.25) is 0 Å². The number of carbonyl (C=O) groups is 1. The summed E-state index contributed by atoms with van der Waals surface area (Å²) in [6.07, 6.45) is 2.45. The van der Waals surface area contributed by atoms with Crippen LogP contribution >= 0.6 is 0 Å². The van der Waals surface area contributed by atoms with Gasteiger partial charge in [-0.05, 0) is 31.0 Å². The molecular weight excluding hydrogens is 258 g/mol. The molecule has 6 heteroatoms. The van der Waals surface area contributed by atoms with Gasteiger partial charge in [0.25, 0.3) is 0 Å². The topological polar surface area (TPSA) is 71.5 Å². The zero-order valence-electron chi connectivity index (χ0n) is 11.3. The summed E-state index contributed by atoms with van der Waals surface area (Å²) < 4.78 is 7.22. The van der Waals surface area contributed by atoms with E-state index in [9.17, 15) is 4.79 Å². The monoisotopic (exact) mass is 275 g/mol. The van der Waals surface area contributed by atoms with Crippen LogP contribution in [0, 0.1) is 0 Å². The van der Waals surface area contributed by atoms with Crippen molar-refractivity contribution in [3.8, 4) is 11.5 Å². The highest BCUT2D eigenvalue weighted by Crippen LogP contribution is 2.30. The SMILES string of the molecule is Cn1nc(C2CCN(C(=O)O)CC2)cc1-c1ccco1. The van der Waals surface area contributed by atoms with E-state index in [-0.39, 0.29) is 0 Å². The fourth-order valence-electron chi connectivity index (χ4n) is 2.71. The lowest BCUT2D eigenvalue weighted by molar-refractivity contribution is 0.131. The highest BCUT2D eigenvalue weighted by molar-refractivity contribution is 5.65. The maximum atomic E-state index is 10.9. The molecule has 106 valence electrons. The number of amides is 1. The van der Waals surface area contributed by atoms with Gasteiger partial charge in [-0.1, -0.05) is 0 Å². The van der Waals surface area contributed by atoms with E-state index in [1.54, 1.807) is 6.26 Å². The molecule has 0 aromatic carbocycles. The zero-order valence-corrected chi connectivity index (χ0v) is 11.3. The number of aromatic nitrogens is 2. The van der Waals surface area contributed by atoms with Crippen LogP contribution in [-0.4, -0.2) is 39.0 Å². The number of nitrogens with zero attached hydrogens (tertiary/aromatic N) is 3. The fourth-order valence-corrected chi connectivity index (χ4v) is 2.71. The molecule has 20 heavy (non-hydrogen) atoms. The molecule has 0 bridgehead atoms. The average Bonchev–Trinajstić information content (AvgIpc) is 3.07. The van der Waals surface area contributed by atoms with Crippen LogP contribution in [0.2, 0.25) is 0 Å². The Kier molecular flexibility index (Phi) is 3.22. The van der Waals surface area contributed by atoms with Crippen LogP contribution in [0.25, 0.3) is 11.5 Å². The molecule has 1 aliphatic rings. The summed E-state index contributed by atoms with van der Waals surface area (Å²) in [4.78, 5) is 12.4. The quantitative estimate of drug-likeness (QED) is 0.914. The number of furan rings is 1. The van der Waals surface area contributed by atoms with Gasteiger partial charge in [0, 0.05) is 26.1 Å². The minimum absolute atomic E-state index is 0.320. The van der Waals surface area contributed by atoms with Gasteiger partial charge in [-0.25, -0.2) is 4.79 Å². The molecule has 1 N–H and O–H groups in total. The number of piperidine rings is 1. The molecular formula is C14H17N3O3. The largest absolute Gasteiger partial charge is 0.465 e. The van der Waals surface area contributed by atoms with Crippen molar-refractivity contribution >= 4 is 6.09 Å². The molecule has 0 aliphatic carbocycles. The number of aryl methyl sites for hydroxylation is 1. The first-order valence-corrected chi connectivity index (χ1v) is 6.71. The van der Waals surface area contributed by atoms with Crippen LogP contribution in [0.4, 0.5) is 4.79 Å². The predicted octanol–water partition coefficient (Wildman–Crippen LogP) is 2.54. The van der Waals surface area contributed by atoms with E-state index < -0.39 is 6.09 Å². The van der Waals surface area contributed by atoms with E-state index in [1.807, 2.05) is 29.9 Å². The number of carboxylic acid groups (broad SMARTS) is 1. The Bertz CT molecular complexity index is 595. The summed E-state index contributed by atoms with van der Waals surface area (Å²) in [5, 5.41) is 13.5. The Morgan fingerprint density at radius 1 is 1.45 bits per heavy atom. The molecule has 3 heterocycles. The molecule has 0 atom stereocenters. The van der Waals surface area contributed by atoms with E-state index >= 15 is 0 Å². The lowest BCUT2D eigenvalue weighted by atomic mass is 9.93. The second kappa shape index (κ2) is 5.03. The molecule has 0 saturated carbocycles. The third kappa shape index (κ3) is 2.29. The molecule has 0 unspecified atom stereocenters. The summed E-state index contributed by atoms with van der Waals surface area (Å²) in [6, 6.07) is 5.81. The maximum Gasteiger partial charge on any atom is 0.407 e. The van der Waals surface area contributed by atoms with Gasteiger partial charge in [-0.2, -0.15) is 5.10 Å². The molecule has 1 aliphatic heterocycles. The molecule has 2 aromatic heterocycles. The van der Waals surface area contributed by atoms with E-state index in [0.717, 1.165) is 30.0 Å². The molecule has 1 amide bonds. The lowest BCUT2D eigenvalue weighted by Gasteiger charge is -2.28. The van der Waals surface area contributed by atoms with E-state index in [0.29, 0.717) is 19.0 Å². The van der Waals surface area contributed by atoms with E-state index in [2.05, 4.69) is 5.10 Å². The van der Waals surface area contributed by atoms with Gasteiger partial charge >= 0.3 is 6.09 Å². The van der Waals surface area contributed by atoms with Gasteiger partial charge in [-0.3, -0.25) is 4.68 Å². The van der Waals surface area contributed by atoms with Crippen LogP contribution < -0.4 is 0 Å². The van der Waals surface area contributed by atoms with Crippen LogP contribution in [0.5, 0.6) is 0 Å². The smallest absolute Gasteiger partial charge is 0.407 e. The Morgan fingerprint density at radius 2 is 2.20 bits per heavy atom. The molecule has 3 rings (SSSR count). The molecule has 1 fully saturated rings. The summed E-state index contributed by atoms with van der Waals surface area (Å²) in [5.74, 6) is 1.12. The Balaban J connectivity index is 1.76. The first-order valence-electron chi connectivity index (χ1n) is 6.71. The summed E-state index contributed by atoms with van der Waals surface area (Å²) in [5.41, 5.74) is 1.97. The highest BCUT2D eigenvalue weighted by Gasteiger charge is 2.25. The molecule has 0 radical (unpaired) electrons. The summed E-state index contributed by atoms with van der Waals surface area (Å²) >= 11 is 0. The minimum Gasteiger partial charge on any atom is -0.465 e. The van der Waals surface area contributed by atoms with Gasteiger partial charge in [-0.15, -0.1) is 0 Å². The molecule has 2 aromatic rings. The maximum absolute atomic E-state index is 10.9. The minimum atomic E-state index is -0.833. The summed E-state index contributed by atoms with van der Waals surface area (Å²) in [6.45, 7) is 1.15. The Morgan fingerprint density at radius 3 is 2.80 bits per heavy atom. The van der Waals surface area contributed by atoms with Gasteiger partial charge in [0.1, 0.15) is 5.69 Å². The third-order valence-corrected chi connectivity index (χ3v) is 3.86. The van der Waals surface area contributed by atoms with Crippen molar-refractivity contribution in [1.29, 1.82) is 0 Å². The third-order valence-electron chi connectivity index (χ3n) is 3.86. The predicted molar refractivity (Wildman–Crippen MR) is 72.5 cm³/mol. The van der Waals surface area contributed by atoms with Crippen LogP contribution in [0.15, 0.2) is 28.9 Å². The van der Waals surface area contributed by atoms with Crippen molar-refractivity contribution in [2.45, 2.75) is 18.8 Å². The number of hydrogen-bond donors (Lipinski definition) is 1. The van der Waals surface area contributed by atoms with Crippen molar-refractivity contribution in [1.82, 2.24) is 14.7 Å². The molecule has 1 saturated heterocycles. The highest BCUT2D eigenvalue weighted by atomic mass is 16.4. The van der Waals surface area contributed by atoms with Crippen LogP contribution in [-0.2, 0) is 7.05 Å². The van der Waals surface area contributed by atoms with Crippen molar-refractivity contribution in [3.05, 3.63) is 30.2 Å². The molecule has 6 nitrogen and oxygen atoms in total. The zero-order chi connectivity index (χ0) is 14.1. The number of hydrogen-bond acceptors (Lipinski definition) is 3. The first kappa shape index (κ1) is 12.8. The lowest BCUT2D eigenvalue weighted by Crippen LogP contribution is -2.36. The van der Waals surface area contributed by atoms with Gasteiger partial charge in [0.15, 0.2) is 5.76 Å². The van der Waals surface area contributed by atoms with Crippen molar-refractivity contribution in [3.63, 3.8) is 0 Å². The normalized spacial score (nSPS) is 16.6.